The third kappa shape index (κ3) is 1.91. The third-order valence-corrected chi connectivity index (χ3v) is 4.71. The Morgan fingerprint density at radius 1 is 1.19 bits per heavy atom. The van der Waals surface area contributed by atoms with E-state index in [0.29, 0.717) is 17.0 Å². The summed E-state index contributed by atoms with van der Waals surface area (Å²) in [5.74, 6) is -0.174. The Morgan fingerprint density at radius 2 is 2.00 bits per heavy atom. The minimum absolute atomic E-state index is 0.0236. The van der Waals surface area contributed by atoms with Crippen LogP contribution >= 0.6 is 11.3 Å². The molecule has 0 fully saturated rings. The number of thiophene rings is 1. The molecule has 0 unspecified atom stereocenters. The summed E-state index contributed by atoms with van der Waals surface area (Å²) in [6.45, 7) is 0.372. The Balaban J connectivity index is 2.02. The molecular weight excluding hydrogens is 288 g/mol. The number of rotatable bonds is 1. The number of pyridine rings is 2. The number of carbonyl (C=O) groups excluding carboxylic acids is 1. The van der Waals surface area contributed by atoms with Gasteiger partial charge in [0.2, 0.25) is 5.78 Å². The molecule has 1 N–H and O–H groups in total. The summed E-state index contributed by atoms with van der Waals surface area (Å²) in [5, 5.41) is 0.804. The molecule has 1 aliphatic rings. The van der Waals surface area contributed by atoms with Crippen LogP contribution in [0.1, 0.15) is 16.1 Å². The van der Waals surface area contributed by atoms with Crippen LogP contribution in [0.2, 0.25) is 0 Å². The highest BCUT2D eigenvalue weighted by atomic mass is 32.1. The van der Waals surface area contributed by atoms with Crippen LogP contribution in [0.5, 0.6) is 0 Å². The quantitative estimate of drug-likeness (QED) is 0.748. The largest absolute Gasteiger partial charge is 0.368 e. The normalized spacial score (nSPS) is 14.4. The Bertz CT molecular complexity index is 912. The van der Waals surface area contributed by atoms with Crippen molar-refractivity contribution in [1.29, 1.82) is 0 Å². The van der Waals surface area contributed by atoms with Crippen molar-refractivity contribution in [2.75, 3.05) is 6.61 Å². The monoisotopic (exact) mass is 298 g/mol. The number of aromatic nitrogens is 2. The van der Waals surface area contributed by atoms with Crippen LogP contribution in [0.15, 0.2) is 35.4 Å². The van der Waals surface area contributed by atoms with Crippen molar-refractivity contribution in [1.82, 2.24) is 9.97 Å². The maximum absolute atomic E-state index is 12.2. The molecule has 3 aromatic heterocycles. The molecule has 4 rings (SSSR count). The Kier molecular flexibility index (Phi) is 2.73. The number of Topliss-reactive ketones (excluding diaryl/α,β-unsaturated/α-hetero) is 1. The van der Waals surface area contributed by atoms with Gasteiger partial charge in [-0.15, -0.1) is 11.3 Å². The van der Waals surface area contributed by atoms with Crippen molar-refractivity contribution in [2.24, 2.45) is 0 Å². The van der Waals surface area contributed by atoms with Gasteiger partial charge in [-0.3, -0.25) is 14.6 Å². The van der Waals surface area contributed by atoms with Crippen LogP contribution in [0, 0.1) is 0 Å². The molecule has 3 aromatic rings. The molecule has 1 aliphatic heterocycles. The zero-order valence-corrected chi connectivity index (χ0v) is 11.7. The maximum atomic E-state index is 12.2. The lowest BCUT2D eigenvalue weighted by atomic mass is 10.0. The highest BCUT2D eigenvalue weighted by Crippen LogP contribution is 2.34. The standard InChI is InChI=1S/C15H10N2O3S/c18-11-7-20-6-10-9-5-12(8-1-3-16-4-2-8)21-14(9)15(19)17-13(10)11/h1-5H,6-7H2,(H,17,19). The van der Waals surface area contributed by atoms with Gasteiger partial charge < -0.3 is 9.72 Å². The summed E-state index contributed by atoms with van der Waals surface area (Å²) < 4.78 is 5.92. The second-order valence-electron chi connectivity index (χ2n) is 4.81. The van der Waals surface area contributed by atoms with E-state index in [1.54, 1.807) is 12.4 Å². The molecule has 0 radical (unpaired) electrons. The number of nitrogens with one attached hydrogen (secondary N) is 1. The Labute approximate surface area is 123 Å². The predicted molar refractivity (Wildman–Crippen MR) is 79.7 cm³/mol. The van der Waals surface area contributed by atoms with Gasteiger partial charge in [0, 0.05) is 28.2 Å². The van der Waals surface area contributed by atoms with Gasteiger partial charge in [-0.05, 0) is 23.8 Å². The lowest BCUT2D eigenvalue weighted by Crippen LogP contribution is -2.24. The second kappa shape index (κ2) is 4.61. The smallest absolute Gasteiger partial charge is 0.266 e. The molecule has 5 nitrogen and oxygen atoms in total. The SMILES string of the molecule is O=C1COCc2c1[nH]c(=O)c1sc(-c3ccncc3)cc21. The van der Waals surface area contributed by atoms with Gasteiger partial charge in [-0.25, -0.2) is 0 Å². The fourth-order valence-corrected chi connectivity index (χ4v) is 3.62. The van der Waals surface area contributed by atoms with Crippen molar-refractivity contribution >= 4 is 27.2 Å². The second-order valence-corrected chi connectivity index (χ2v) is 5.87. The van der Waals surface area contributed by atoms with Crippen LogP contribution in [-0.4, -0.2) is 22.4 Å². The fraction of sp³-hybridized carbons (Fsp3) is 0.133. The number of hydrogen-bond donors (Lipinski definition) is 1. The lowest BCUT2D eigenvalue weighted by Gasteiger charge is -2.15. The van der Waals surface area contributed by atoms with Crippen molar-refractivity contribution in [3.05, 3.63) is 52.2 Å². The molecule has 0 saturated carbocycles. The minimum atomic E-state index is -0.218. The van der Waals surface area contributed by atoms with Crippen molar-refractivity contribution in [3.63, 3.8) is 0 Å². The van der Waals surface area contributed by atoms with E-state index in [1.165, 1.54) is 11.3 Å². The third-order valence-electron chi connectivity index (χ3n) is 3.53. The average molecular weight is 298 g/mol. The molecule has 21 heavy (non-hydrogen) atoms. The number of aromatic amines is 1. The molecule has 0 amide bonds. The van der Waals surface area contributed by atoms with Crippen molar-refractivity contribution < 1.29 is 9.53 Å². The predicted octanol–water partition coefficient (Wildman–Crippen LogP) is 2.36. The summed E-state index contributed by atoms with van der Waals surface area (Å²) in [7, 11) is 0. The summed E-state index contributed by atoms with van der Waals surface area (Å²) >= 11 is 1.41. The van der Waals surface area contributed by atoms with E-state index < -0.39 is 0 Å². The van der Waals surface area contributed by atoms with E-state index in [9.17, 15) is 9.59 Å². The van der Waals surface area contributed by atoms with Gasteiger partial charge in [0.05, 0.1) is 12.3 Å². The molecule has 0 atom stereocenters. The summed E-state index contributed by atoms with van der Waals surface area (Å²) in [6, 6.07) is 5.74. The fourth-order valence-electron chi connectivity index (χ4n) is 2.53. The molecule has 0 aromatic carbocycles. The van der Waals surface area contributed by atoms with Crippen LogP contribution in [0.25, 0.3) is 20.5 Å². The van der Waals surface area contributed by atoms with E-state index in [4.69, 9.17) is 4.74 Å². The number of hydrogen-bond acceptors (Lipinski definition) is 5. The first-order valence-electron chi connectivity index (χ1n) is 6.44. The molecule has 4 heterocycles. The highest BCUT2D eigenvalue weighted by Gasteiger charge is 2.23. The van der Waals surface area contributed by atoms with Gasteiger partial charge in [-0.1, -0.05) is 0 Å². The first kappa shape index (κ1) is 12.4. The molecule has 0 spiro atoms. The maximum Gasteiger partial charge on any atom is 0.266 e. The number of ketones is 1. The van der Waals surface area contributed by atoms with Crippen LogP contribution in [-0.2, 0) is 11.3 Å². The van der Waals surface area contributed by atoms with Gasteiger partial charge in [-0.2, -0.15) is 0 Å². The zero-order valence-electron chi connectivity index (χ0n) is 10.9. The Hall–Kier alpha value is -2.31. The minimum Gasteiger partial charge on any atom is -0.368 e. The van der Waals surface area contributed by atoms with Crippen molar-refractivity contribution in [2.45, 2.75) is 6.61 Å². The summed E-state index contributed by atoms with van der Waals surface area (Å²) in [5.41, 5.74) is 1.95. The summed E-state index contributed by atoms with van der Waals surface area (Å²) in [4.78, 5) is 31.7. The van der Waals surface area contributed by atoms with Gasteiger partial charge >= 0.3 is 0 Å². The van der Waals surface area contributed by atoms with Gasteiger partial charge in [0.15, 0.2) is 0 Å². The van der Waals surface area contributed by atoms with E-state index >= 15 is 0 Å². The van der Waals surface area contributed by atoms with Gasteiger partial charge in [0.1, 0.15) is 11.3 Å². The van der Waals surface area contributed by atoms with E-state index in [0.717, 1.165) is 21.4 Å². The lowest BCUT2D eigenvalue weighted by molar-refractivity contribution is 0.0660. The summed E-state index contributed by atoms with van der Waals surface area (Å²) in [6.07, 6.45) is 3.43. The molecule has 0 aliphatic carbocycles. The van der Waals surface area contributed by atoms with E-state index in [1.807, 2.05) is 18.2 Å². The number of H-pyrrole nitrogens is 1. The number of carbonyl (C=O) groups is 1. The molecule has 6 heteroatoms. The van der Waals surface area contributed by atoms with Crippen LogP contribution < -0.4 is 5.56 Å². The first-order valence-corrected chi connectivity index (χ1v) is 7.26. The zero-order chi connectivity index (χ0) is 14.4. The van der Waals surface area contributed by atoms with E-state index in [-0.39, 0.29) is 17.9 Å². The van der Waals surface area contributed by atoms with Crippen molar-refractivity contribution in [3.8, 4) is 10.4 Å². The van der Waals surface area contributed by atoms with Gasteiger partial charge in [0.25, 0.3) is 5.56 Å². The topological polar surface area (TPSA) is 72.1 Å². The van der Waals surface area contributed by atoms with Crippen LogP contribution in [0.4, 0.5) is 0 Å². The Morgan fingerprint density at radius 3 is 2.81 bits per heavy atom. The molecule has 104 valence electrons. The first-order chi connectivity index (χ1) is 10.2. The molecular formula is C15H10N2O3S. The number of nitrogens with zero attached hydrogens (tertiary/aromatic N) is 1. The molecule has 0 bridgehead atoms. The molecule has 0 saturated heterocycles. The number of ether oxygens (including phenoxy) is 1. The number of fused-ring (bicyclic) bond motifs is 3. The van der Waals surface area contributed by atoms with Crippen LogP contribution in [0.3, 0.4) is 0 Å². The highest BCUT2D eigenvalue weighted by molar-refractivity contribution is 7.22. The van der Waals surface area contributed by atoms with E-state index in [2.05, 4.69) is 9.97 Å². The average Bonchev–Trinajstić information content (AvgIpc) is 2.96.